The van der Waals surface area contributed by atoms with Crippen molar-refractivity contribution in [1.82, 2.24) is 10.3 Å². The number of aliphatic hydroxyl groups is 3. The van der Waals surface area contributed by atoms with Crippen molar-refractivity contribution in [3.05, 3.63) is 63.7 Å². The highest BCUT2D eigenvalue weighted by Crippen LogP contribution is 2.52. The molecule has 2 heterocycles. The van der Waals surface area contributed by atoms with Crippen LogP contribution >= 0.6 is 0 Å². The highest BCUT2D eigenvalue weighted by molar-refractivity contribution is 6.31. The number of hydrogen-bond acceptors (Lipinski definition) is 15. The average Bonchev–Trinajstić information content (AvgIpc) is 3.46. The predicted molar refractivity (Wildman–Crippen MR) is 187 cm³/mol. The summed E-state index contributed by atoms with van der Waals surface area (Å²) in [6.07, 6.45) is -1.56. The Morgan fingerprint density at radius 1 is 1.06 bits per heavy atom. The van der Waals surface area contributed by atoms with Gasteiger partial charge in [-0.15, -0.1) is 0 Å². The molecule has 0 radical (unpaired) electrons. The van der Waals surface area contributed by atoms with Crippen molar-refractivity contribution in [1.29, 1.82) is 0 Å². The molecule has 6 rings (SSSR count). The second-order valence-corrected chi connectivity index (χ2v) is 13.8. The van der Waals surface area contributed by atoms with Crippen LogP contribution in [-0.4, -0.2) is 116 Å². The van der Waals surface area contributed by atoms with Crippen LogP contribution in [0, 0.1) is 0 Å². The van der Waals surface area contributed by atoms with Crippen LogP contribution in [0.2, 0.25) is 0 Å². The number of hydrogen-bond donors (Lipinski definition) is 7. The predicted octanol–water partition coefficient (Wildman–Crippen LogP) is 0.390. The Morgan fingerprint density at radius 3 is 2.43 bits per heavy atom. The zero-order chi connectivity index (χ0) is 39.1. The van der Waals surface area contributed by atoms with Crippen LogP contribution in [-0.2, 0) is 30.3 Å². The molecule has 6 atom stereocenters. The third-order valence-electron chi connectivity index (χ3n) is 10.3. The van der Waals surface area contributed by atoms with E-state index in [4.69, 9.17) is 19.9 Å². The summed E-state index contributed by atoms with van der Waals surface area (Å²) in [5.74, 6) is -4.25. The second kappa shape index (κ2) is 15.4. The largest absolute Gasteiger partial charge is 0.507 e. The standard InChI is InChI=1S/C37H42N4O13/c1-17-32(46)20(38)13-27(53-17)54-22-15-37(51,23(16-42)39-40-24(43)9-4-3-5-12-41-25(44)10-11-26(41)45)14-19-29(22)36(50)31-30(34(19)48)33(47)18-7-6-8-21(52-2)28(18)35(31)49/h6-8,10-11,17,20,22,27,32,42,46,48,50-51H,3-5,9,12-16,38H2,1-2H3,(H,40,43)/b39-23+/t17?,20-,22+,27+,32-,37+/m1/s1. The molecule has 2 aliphatic carbocycles. The van der Waals surface area contributed by atoms with Gasteiger partial charge in [-0.3, -0.25) is 28.9 Å². The number of ketones is 2. The summed E-state index contributed by atoms with van der Waals surface area (Å²) in [7, 11) is 1.32. The van der Waals surface area contributed by atoms with Gasteiger partial charge in [-0.05, 0) is 25.8 Å². The van der Waals surface area contributed by atoms with Crippen molar-refractivity contribution in [2.24, 2.45) is 10.8 Å². The highest BCUT2D eigenvalue weighted by atomic mass is 16.7. The lowest BCUT2D eigenvalue weighted by Gasteiger charge is -2.43. The highest BCUT2D eigenvalue weighted by Gasteiger charge is 2.49. The van der Waals surface area contributed by atoms with E-state index in [0.29, 0.717) is 19.3 Å². The van der Waals surface area contributed by atoms with Crippen LogP contribution in [0.1, 0.15) is 94.5 Å². The molecule has 0 saturated carbocycles. The number of phenolic OH excluding ortho intramolecular Hbond substituents is 2. The maximum absolute atomic E-state index is 14.0. The molecule has 8 N–H and O–H groups in total. The number of carbonyl (C=O) groups is 5. The number of aliphatic hydroxyl groups excluding tert-OH is 2. The van der Waals surface area contributed by atoms with E-state index in [2.05, 4.69) is 10.5 Å². The summed E-state index contributed by atoms with van der Waals surface area (Å²) in [5.41, 5.74) is 4.46. The van der Waals surface area contributed by atoms with E-state index in [1.807, 2.05) is 0 Å². The summed E-state index contributed by atoms with van der Waals surface area (Å²) >= 11 is 0. The minimum absolute atomic E-state index is 0.0120. The van der Waals surface area contributed by atoms with Crippen molar-refractivity contribution < 1.29 is 63.7 Å². The zero-order valence-electron chi connectivity index (χ0n) is 29.6. The first kappa shape index (κ1) is 38.7. The smallest absolute Gasteiger partial charge is 0.253 e. The number of nitrogens with zero attached hydrogens (tertiary/aromatic N) is 2. The van der Waals surface area contributed by atoms with Gasteiger partial charge in [0.1, 0.15) is 22.8 Å². The number of nitrogens with one attached hydrogen (secondary N) is 1. The molecule has 288 valence electrons. The molecule has 3 amide bonds. The molecule has 0 aromatic heterocycles. The molecular weight excluding hydrogens is 708 g/mol. The first-order valence-corrected chi connectivity index (χ1v) is 17.5. The van der Waals surface area contributed by atoms with E-state index in [1.165, 1.54) is 37.5 Å². The topological polar surface area (TPSA) is 268 Å². The fraction of sp³-hybridized carbons (Fsp3) is 0.459. The number of nitrogens with two attached hydrogens (primary N) is 1. The maximum Gasteiger partial charge on any atom is 0.253 e. The molecule has 17 nitrogen and oxygen atoms in total. The number of ether oxygens (including phenoxy) is 3. The van der Waals surface area contributed by atoms with Crippen molar-refractivity contribution >= 4 is 35.0 Å². The summed E-state index contributed by atoms with van der Waals surface area (Å²) < 4.78 is 17.4. The zero-order valence-corrected chi connectivity index (χ0v) is 29.6. The average molecular weight is 751 g/mol. The molecule has 0 spiro atoms. The second-order valence-electron chi connectivity index (χ2n) is 13.8. The number of carbonyl (C=O) groups excluding carboxylic acids is 5. The van der Waals surface area contributed by atoms with Crippen molar-refractivity contribution in [3.63, 3.8) is 0 Å². The maximum atomic E-state index is 14.0. The van der Waals surface area contributed by atoms with Gasteiger partial charge < -0.3 is 45.5 Å². The lowest BCUT2D eigenvalue weighted by Crippen LogP contribution is -2.53. The number of aromatic hydroxyl groups is 2. The van der Waals surface area contributed by atoms with E-state index in [-0.39, 0.29) is 53.1 Å². The number of methoxy groups -OCH3 is 1. The molecule has 1 unspecified atom stereocenters. The number of phenols is 2. The van der Waals surface area contributed by atoms with Crippen LogP contribution in [0.5, 0.6) is 17.2 Å². The van der Waals surface area contributed by atoms with Gasteiger partial charge in [-0.2, -0.15) is 5.10 Å². The number of rotatable bonds is 12. The molecule has 4 aliphatic rings. The third kappa shape index (κ3) is 7.01. The molecular formula is C37H42N4O13. The monoisotopic (exact) mass is 750 g/mol. The van der Waals surface area contributed by atoms with Gasteiger partial charge in [0.15, 0.2) is 12.1 Å². The minimum Gasteiger partial charge on any atom is -0.507 e. The normalized spacial score (nSPS) is 26.4. The quantitative estimate of drug-likeness (QED) is 0.0434. The number of imide groups is 1. The van der Waals surface area contributed by atoms with Gasteiger partial charge in [-0.25, -0.2) is 5.43 Å². The van der Waals surface area contributed by atoms with Crippen molar-refractivity contribution in [2.45, 2.75) is 88.1 Å². The molecule has 1 fully saturated rings. The molecule has 54 heavy (non-hydrogen) atoms. The van der Waals surface area contributed by atoms with Gasteiger partial charge in [0.2, 0.25) is 11.7 Å². The Bertz CT molecular complexity index is 1930. The fourth-order valence-corrected chi connectivity index (χ4v) is 7.47. The van der Waals surface area contributed by atoms with Gasteiger partial charge in [0, 0.05) is 67.1 Å². The van der Waals surface area contributed by atoms with Crippen molar-refractivity contribution in [2.75, 3.05) is 20.3 Å². The van der Waals surface area contributed by atoms with E-state index >= 15 is 0 Å². The Hall–Kier alpha value is -5.04. The molecule has 2 aromatic carbocycles. The Balaban J connectivity index is 1.29. The molecule has 1 saturated heterocycles. The van der Waals surface area contributed by atoms with Crippen molar-refractivity contribution in [3.8, 4) is 17.2 Å². The lowest BCUT2D eigenvalue weighted by molar-refractivity contribution is -0.245. The number of fused-ring (bicyclic) bond motifs is 3. The Morgan fingerprint density at radius 2 is 1.76 bits per heavy atom. The fourth-order valence-electron chi connectivity index (χ4n) is 7.47. The summed E-state index contributed by atoms with van der Waals surface area (Å²) in [6, 6.07) is 3.57. The Kier molecular flexibility index (Phi) is 11.0. The third-order valence-corrected chi connectivity index (χ3v) is 10.3. The SMILES string of the molecule is COc1cccc2c1C(=O)c1c(O)c3c(c(O)c1C2=O)C[C@@](O)(/C(CO)=N/NC(=O)CCCCCN1C(=O)C=CC1=O)C[C@@H]3O[C@H]1C[C@@H](N)[C@H](O)C(C)O1. The first-order chi connectivity index (χ1) is 25.7. The van der Waals surface area contributed by atoms with E-state index in [1.54, 1.807) is 6.92 Å². The Labute approximate surface area is 309 Å². The van der Waals surface area contributed by atoms with Gasteiger partial charge >= 0.3 is 0 Å². The van der Waals surface area contributed by atoms with Crippen LogP contribution < -0.4 is 15.9 Å². The van der Waals surface area contributed by atoms with E-state index < -0.39 is 108 Å². The van der Waals surface area contributed by atoms with Crippen LogP contribution in [0.15, 0.2) is 35.5 Å². The number of amides is 3. The number of benzene rings is 2. The summed E-state index contributed by atoms with van der Waals surface area (Å²) in [6.45, 7) is 0.910. The van der Waals surface area contributed by atoms with Gasteiger partial charge in [-0.1, -0.05) is 18.6 Å². The summed E-state index contributed by atoms with van der Waals surface area (Å²) in [5, 5.41) is 60.5. The molecule has 2 aromatic rings. The molecule has 2 aliphatic heterocycles. The molecule has 17 heteroatoms. The van der Waals surface area contributed by atoms with Crippen LogP contribution in [0.3, 0.4) is 0 Å². The molecule has 0 bridgehead atoms. The van der Waals surface area contributed by atoms with Gasteiger partial charge in [0.25, 0.3) is 11.8 Å². The lowest BCUT2D eigenvalue weighted by atomic mass is 9.71. The summed E-state index contributed by atoms with van der Waals surface area (Å²) in [4.78, 5) is 65.1. The van der Waals surface area contributed by atoms with Crippen LogP contribution in [0.4, 0.5) is 0 Å². The van der Waals surface area contributed by atoms with E-state index in [0.717, 1.165) is 4.90 Å². The first-order valence-electron chi connectivity index (χ1n) is 17.5. The number of unbranched alkanes of at least 4 members (excludes halogenated alkanes) is 2. The number of hydrazone groups is 1. The van der Waals surface area contributed by atoms with E-state index in [9.17, 15) is 49.5 Å². The van der Waals surface area contributed by atoms with Gasteiger partial charge in [0.05, 0.1) is 54.4 Å². The van der Waals surface area contributed by atoms with Crippen LogP contribution in [0.25, 0.3) is 0 Å². The minimum atomic E-state index is -2.16.